The van der Waals surface area contributed by atoms with Gasteiger partial charge in [-0.05, 0) is 62.8 Å². The minimum Gasteiger partial charge on any atom is -0.355 e. The van der Waals surface area contributed by atoms with E-state index in [4.69, 9.17) is 4.98 Å². The number of nitrogens with one attached hydrogen (secondary N) is 1. The molecule has 1 fully saturated rings. The van der Waals surface area contributed by atoms with E-state index in [-0.39, 0.29) is 5.91 Å². The summed E-state index contributed by atoms with van der Waals surface area (Å²) >= 11 is 0. The molecular weight excluding hydrogens is 324 g/mol. The number of likely N-dealkylation sites (tertiary alicyclic amines) is 1. The number of hydrogen-bond donors (Lipinski definition) is 1. The van der Waals surface area contributed by atoms with Crippen molar-refractivity contribution in [2.75, 3.05) is 13.6 Å². The number of fused-ring (bicyclic) bond motifs is 1. The lowest BCUT2D eigenvalue weighted by Crippen LogP contribution is -2.25. The van der Waals surface area contributed by atoms with E-state index in [0.717, 1.165) is 25.1 Å². The number of aromatic nitrogens is 2. The van der Waals surface area contributed by atoms with Crippen LogP contribution in [0, 0.1) is 0 Å². The Balaban J connectivity index is 1.56. The van der Waals surface area contributed by atoms with Gasteiger partial charge in [-0.25, -0.2) is 4.98 Å². The number of imidazole rings is 1. The van der Waals surface area contributed by atoms with Gasteiger partial charge in [0.25, 0.3) is 5.91 Å². The topological polar surface area (TPSA) is 50.2 Å². The van der Waals surface area contributed by atoms with Gasteiger partial charge < -0.3 is 9.88 Å². The van der Waals surface area contributed by atoms with Crippen molar-refractivity contribution in [1.82, 2.24) is 19.8 Å². The van der Waals surface area contributed by atoms with E-state index >= 15 is 0 Å². The van der Waals surface area contributed by atoms with E-state index in [1.165, 1.54) is 54.9 Å². The summed E-state index contributed by atoms with van der Waals surface area (Å²) in [7, 11) is 3.86. The van der Waals surface area contributed by atoms with Crippen molar-refractivity contribution in [3.8, 4) is 0 Å². The molecule has 1 aromatic heterocycles. The summed E-state index contributed by atoms with van der Waals surface area (Å²) in [6.45, 7) is 1.96. The maximum atomic E-state index is 11.9. The van der Waals surface area contributed by atoms with Gasteiger partial charge in [-0.1, -0.05) is 12.1 Å². The minimum absolute atomic E-state index is 0.0263. The molecule has 1 N–H and O–H groups in total. The van der Waals surface area contributed by atoms with Crippen LogP contribution in [-0.4, -0.2) is 34.0 Å². The largest absolute Gasteiger partial charge is 0.355 e. The fraction of sp³-hybridized carbons (Fsp3) is 0.524. The highest BCUT2D eigenvalue weighted by molar-refractivity contribution is 5.94. The van der Waals surface area contributed by atoms with Gasteiger partial charge in [0.15, 0.2) is 0 Å². The molecule has 0 bridgehead atoms. The second-order valence-corrected chi connectivity index (χ2v) is 7.54. The Hall–Kier alpha value is -2.14. The van der Waals surface area contributed by atoms with Gasteiger partial charge in [0.1, 0.15) is 5.82 Å². The van der Waals surface area contributed by atoms with Gasteiger partial charge in [-0.15, -0.1) is 0 Å². The van der Waals surface area contributed by atoms with Crippen molar-refractivity contribution in [2.45, 2.75) is 51.1 Å². The second-order valence-electron chi connectivity index (χ2n) is 7.54. The van der Waals surface area contributed by atoms with Crippen LogP contribution in [-0.2, 0) is 26.4 Å². The van der Waals surface area contributed by atoms with Gasteiger partial charge in [0.2, 0.25) is 0 Å². The Bertz CT molecular complexity index is 810. The normalized spacial score (nSPS) is 20.2. The van der Waals surface area contributed by atoms with Crippen LogP contribution in [0.5, 0.6) is 0 Å². The van der Waals surface area contributed by atoms with Crippen LogP contribution in [0.3, 0.4) is 0 Å². The lowest BCUT2D eigenvalue weighted by Gasteiger charge is -2.24. The first kappa shape index (κ1) is 17.3. The molecule has 0 spiro atoms. The van der Waals surface area contributed by atoms with E-state index in [2.05, 4.69) is 27.9 Å². The number of nitrogens with zero attached hydrogens (tertiary/aromatic N) is 3. The Kier molecular flexibility index (Phi) is 4.81. The third-order valence-electron chi connectivity index (χ3n) is 5.87. The van der Waals surface area contributed by atoms with Crippen LogP contribution >= 0.6 is 0 Å². The molecule has 5 nitrogen and oxygen atoms in total. The summed E-state index contributed by atoms with van der Waals surface area (Å²) in [6, 6.07) is 8.36. The SMILES string of the molecule is CNC(=O)c1cccc(CN2CCC[C@H]2c2nc3c(n2C)CCCC3)c1. The highest BCUT2D eigenvalue weighted by Crippen LogP contribution is 2.34. The number of aryl methyl sites for hydroxylation is 1. The quantitative estimate of drug-likeness (QED) is 0.920. The summed E-state index contributed by atoms with van der Waals surface area (Å²) in [5.74, 6) is 1.21. The van der Waals surface area contributed by atoms with E-state index in [9.17, 15) is 4.79 Å². The zero-order valence-electron chi connectivity index (χ0n) is 15.8. The molecule has 2 heterocycles. The molecule has 1 aliphatic carbocycles. The average molecular weight is 352 g/mol. The first-order valence-electron chi connectivity index (χ1n) is 9.77. The standard InChI is InChI=1S/C21H28N4O/c1-22-21(26)16-8-5-7-15(13-16)14-25-12-6-11-19(25)20-23-17-9-3-4-10-18(17)24(20)2/h5,7-8,13,19H,3-4,6,9-12,14H2,1-2H3,(H,22,26)/t19-/m0/s1. The molecule has 1 saturated heterocycles. The van der Waals surface area contributed by atoms with Crippen LogP contribution in [0.2, 0.25) is 0 Å². The van der Waals surface area contributed by atoms with Crippen molar-refractivity contribution >= 4 is 5.91 Å². The zero-order chi connectivity index (χ0) is 18.1. The number of amides is 1. The molecule has 5 heteroatoms. The molecule has 1 atom stereocenters. The Morgan fingerprint density at radius 3 is 2.92 bits per heavy atom. The fourth-order valence-electron chi connectivity index (χ4n) is 4.50. The zero-order valence-corrected chi connectivity index (χ0v) is 15.8. The first-order valence-corrected chi connectivity index (χ1v) is 9.77. The number of hydrogen-bond acceptors (Lipinski definition) is 3. The van der Waals surface area contributed by atoms with Crippen LogP contribution in [0.15, 0.2) is 24.3 Å². The lowest BCUT2D eigenvalue weighted by atomic mass is 10.0. The van der Waals surface area contributed by atoms with Crippen LogP contribution in [0.1, 0.15) is 64.9 Å². The Morgan fingerprint density at radius 1 is 1.27 bits per heavy atom. The molecule has 0 saturated carbocycles. The number of carbonyl (C=O) groups excluding carboxylic acids is 1. The molecule has 0 radical (unpaired) electrons. The number of carbonyl (C=O) groups is 1. The summed E-state index contributed by atoms with van der Waals surface area (Å²) < 4.78 is 2.36. The average Bonchev–Trinajstić information content (AvgIpc) is 3.26. The predicted molar refractivity (Wildman–Crippen MR) is 102 cm³/mol. The second kappa shape index (κ2) is 7.23. The van der Waals surface area contributed by atoms with Crippen molar-refractivity contribution in [3.63, 3.8) is 0 Å². The van der Waals surface area contributed by atoms with Gasteiger partial charge >= 0.3 is 0 Å². The highest BCUT2D eigenvalue weighted by Gasteiger charge is 2.31. The Morgan fingerprint density at radius 2 is 2.12 bits per heavy atom. The van der Waals surface area contributed by atoms with Gasteiger partial charge in [-0.3, -0.25) is 9.69 Å². The maximum Gasteiger partial charge on any atom is 0.251 e. The lowest BCUT2D eigenvalue weighted by molar-refractivity contribution is 0.0963. The monoisotopic (exact) mass is 352 g/mol. The number of rotatable bonds is 4. The van der Waals surface area contributed by atoms with E-state index < -0.39 is 0 Å². The minimum atomic E-state index is -0.0263. The van der Waals surface area contributed by atoms with Crippen molar-refractivity contribution < 1.29 is 4.79 Å². The van der Waals surface area contributed by atoms with Crippen LogP contribution in [0.4, 0.5) is 0 Å². The smallest absolute Gasteiger partial charge is 0.251 e. The summed E-state index contributed by atoms with van der Waals surface area (Å²) in [5.41, 5.74) is 4.69. The predicted octanol–water partition coefficient (Wildman–Crippen LogP) is 3.00. The van der Waals surface area contributed by atoms with Crippen LogP contribution < -0.4 is 5.32 Å². The molecule has 2 aromatic rings. The summed E-state index contributed by atoms with van der Waals surface area (Å²) in [5, 5.41) is 2.71. The molecule has 1 aromatic carbocycles. The van der Waals surface area contributed by atoms with E-state index in [1.807, 2.05) is 18.2 Å². The molecule has 2 aliphatic rings. The molecule has 26 heavy (non-hydrogen) atoms. The molecular formula is C21H28N4O. The van der Waals surface area contributed by atoms with Crippen LogP contribution in [0.25, 0.3) is 0 Å². The summed E-state index contributed by atoms with van der Waals surface area (Å²) in [4.78, 5) is 19.5. The van der Waals surface area contributed by atoms with E-state index in [0.29, 0.717) is 6.04 Å². The fourth-order valence-corrected chi connectivity index (χ4v) is 4.50. The van der Waals surface area contributed by atoms with Gasteiger partial charge in [-0.2, -0.15) is 0 Å². The van der Waals surface area contributed by atoms with Gasteiger partial charge in [0, 0.05) is 31.9 Å². The number of benzene rings is 1. The maximum absolute atomic E-state index is 11.9. The molecule has 1 aliphatic heterocycles. The molecule has 1 amide bonds. The van der Waals surface area contributed by atoms with Crippen molar-refractivity contribution in [3.05, 3.63) is 52.6 Å². The highest BCUT2D eigenvalue weighted by atomic mass is 16.1. The molecule has 0 unspecified atom stereocenters. The molecule has 4 rings (SSSR count). The third kappa shape index (κ3) is 3.16. The summed E-state index contributed by atoms with van der Waals surface area (Å²) in [6.07, 6.45) is 7.22. The van der Waals surface area contributed by atoms with Crippen molar-refractivity contribution in [2.24, 2.45) is 7.05 Å². The van der Waals surface area contributed by atoms with Gasteiger partial charge in [0.05, 0.1) is 11.7 Å². The third-order valence-corrected chi connectivity index (χ3v) is 5.87. The van der Waals surface area contributed by atoms with E-state index in [1.54, 1.807) is 7.05 Å². The van der Waals surface area contributed by atoms with Crippen molar-refractivity contribution in [1.29, 1.82) is 0 Å². The Labute approximate surface area is 155 Å². The molecule has 138 valence electrons. The first-order chi connectivity index (χ1) is 12.7.